The van der Waals surface area contributed by atoms with Crippen molar-refractivity contribution in [2.75, 3.05) is 23.1 Å². The van der Waals surface area contributed by atoms with Crippen molar-refractivity contribution in [3.05, 3.63) is 58.0 Å². The number of fused-ring (bicyclic) bond motifs is 1. The van der Waals surface area contributed by atoms with Crippen LogP contribution in [0.15, 0.2) is 39.5 Å². The summed E-state index contributed by atoms with van der Waals surface area (Å²) in [5.41, 5.74) is 3.86. The van der Waals surface area contributed by atoms with Gasteiger partial charge in [-0.25, -0.2) is 13.2 Å². The highest BCUT2D eigenvalue weighted by molar-refractivity contribution is 6.17. The fourth-order valence-electron chi connectivity index (χ4n) is 2.98. The van der Waals surface area contributed by atoms with Gasteiger partial charge in [-0.1, -0.05) is 0 Å². The zero-order valence-electron chi connectivity index (χ0n) is 15.3. The minimum absolute atomic E-state index is 0.0343. The van der Waals surface area contributed by atoms with Gasteiger partial charge < -0.3 is 15.1 Å². The molecule has 0 aliphatic rings. The monoisotopic (exact) mass is 424 g/mol. The zero-order valence-corrected chi connectivity index (χ0v) is 16.0. The maximum atomic E-state index is 14.7. The molecule has 0 atom stereocenters. The number of rotatable bonds is 5. The number of nitrogen functional groups attached to an aromatic ring is 1. The smallest absolute Gasteiger partial charge is 0.223 e. The zero-order chi connectivity index (χ0) is 21.3. The second kappa shape index (κ2) is 8.16. The lowest BCUT2D eigenvalue weighted by Crippen LogP contribution is -2.30. The third-order valence-corrected chi connectivity index (χ3v) is 4.63. The predicted molar refractivity (Wildman–Crippen MR) is 106 cm³/mol. The van der Waals surface area contributed by atoms with Gasteiger partial charge in [-0.05, 0) is 24.6 Å². The van der Waals surface area contributed by atoms with Crippen molar-refractivity contribution in [2.24, 2.45) is 0 Å². The van der Waals surface area contributed by atoms with Crippen LogP contribution in [0.1, 0.15) is 13.3 Å². The number of nitrogens with zero attached hydrogens (tertiary/aromatic N) is 1. The van der Waals surface area contributed by atoms with Crippen LogP contribution in [0.3, 0.4) is 0 Å². The summed E-state index contributed by atoms with van der Waals surface area (Å²) in [4.78, 5) is 25.4. The first-order chi connectivity index (χ1) is 13.7. The van der Waals surface area contributed by atoms with E-state index in [4.69, 9.17) is 21.8 Å². The van der Waals surface area contributed by atoms with E-state index < -0.39 is 39.5 Å². The van der Waals surface area contributed by atoms with Gasteiger partial charge in [0.25, 0.3) is 0 Å². The summed E-state index contributed by atoms with van der Waals surface area (Å²) in [5.74, 6) is -3.11. The summed E-state index contributed by atoms with van der Waals surface area (Å²) >= 11 is 5.64. The standard InChI is InChI=1S/C20H16ClF3N2O3/c1-10(27)26(6-2-5-21)15-4-3-11(7-12(15)22)17-9-16(28)18-19(25)13(23)8-14(24)20(18)29-17/h3-4,7-9H,2,5-6,25H2,1H3. The first-order valence-corrected chi connectivity index (χ1v) is 9.13. The molecule has 0 aliphatic heterocycles. The molecule has 2 aromatic carbocycles. The van der Waals surface area contributed by atoms with Crippen molar-refractivity contribution in [2.45, 2.75) is 13.3 Å². The molecule has 152 valence electrons. The second-order valence-electron chi connectivity index (χ2n) is 6.31. The average molecular weight is 425 g/mol. The minimum atomic E-state index is -1.11. The molecule has 3 rings (SSSR count). The predicted octanol–water partition coefficient (Wildman–Crippen LogP) is 4.44. The largest absolute Gasteiger partial charge is 0.453 e. The number of carbonyl (C=O) groups is 1. The van der Waals surface area contributed by atoms with Crippen LogP contribution < -0.4 is 16.1 Å². The van der Waals surface area contributed by atoms with Crippen LogP contribution in [0.25, 0.3) is 22.3 Å². The molecule has 0 aliphatic carbocycles. The van der Waals surface area contributed by atoms with Crippen LogP contribution in [0.2, 0.25) is 0 Å². The van der Waals surface area contributed by atoms with E-state index in [1.165, 1.54) is 24.0 Å². The highest BCUT2D eigenvalue weighted by Crippen LogP contribution is 2.31. The molecule has 1 heterocycles. The Balaban J connectivity index is 2.10. The number of amides is 1. The fourth-order valence-corrected chi connectivity index (χ4v) is 3.10. The van der Waals surface area contributed by atoms with E-state index in [0.717, 1.165) is 12.1 Å². The van der Waals surface area contributed by atoms with Gasteiger partial charge in [0.15, 0.2) is 16.8 Å². The Morgan fingerprint density at radius 3 is 2.48 bits per heavy atom. The highest BCUT2D eigenvalue weighted by atomic mass is 35.5. The van der Waals surface area contributed by atoms with Crippen LogP contribution in [0.4, 0.5) is 24.5 Å². The third kappa shape index (κ3) is 3.93. The molecular formula is C20H16ClF3N2O3. The van der Waals surface area contributed by atoms with Crippen LogP contribution in [0, 0.1) is 17.5 Å². The molecular weight excluding hydrogens is 409 g/mol. The Kier molecular flexibility index (Phi) is 5.83. The molecule has 0 unspecified atom stereocenters. The lowest BCUT2D eigenvalue weighted by atomic mass is 10.1. The summed E-state index contributed by atoms with van der Waals surface area (Å²) in [6.07, 6.45) is 0.471. The van der Waals surface area contributed by atoms with E-state index in [-0.39, 0.29) is 29.5 Å². The number of halogens is 4. The molecule has 0 bridgehead atoms. The van der Waals surface area contributed by atoms with Crippen molar-refractivity contribution in [1.82, 2.24) is 0 Å². The van der Waals surface area contributed by atoms with Crippen molar-refractivity contribution < 1.29 is 22.4 Å². The molecule has 2 N–H and O–H groups in total. The lowest BCUT2D eigenvalue weighted by molar-refractivity contribution is -0.116. The van der Waals surface area contributed by atoms with Crippen LogP contribution in [0.5, 0.6) is 0 Å². The molecule has 0 fully saturated rings. The van der Waals surface area contributed by atoms with E-state index in [0.29, 0.717) is 18.4 Å². The topological polar surface area (TPSA) is 76.5 Å². The number of hydrogen-bond donors (Lipinski definition) is 1. The maximum Gasteiger partial charge on any atom is 0.223 e. The quantitative estimate of drug-likeness (QED) is 0.485. The summed E-state index contributed by atoms with van der Waals surface area (Å²) in [5, 5.41) is -0.424. The summed E-state index contributed by atoms with van der Waals surface area (Å²) < 4.78 is 47.8. The van der Waals surface area contributed by atoms with E-state index in [1.54, 1.807) is 0 Å². The molecule has 0 spiro atoms. The van der Waals surface area contributed by atoms with Gasteiger partial charge in [0, 0.05) is 37.0 Å². The maximum absolute atomic E-state index is 14.7. The Morgan fingerprint density at radius 1 is 1.14 bits per heavy atom. The van der Waals surface area contributed by atoms with Gasteiger partial charge in [-0.15, -0.1) is 11.6 Å². The minimum Gasteiger partial charge on any atom is -0.453 e. The van der Waals surface area contributed by atoms with Crippen molar-refractivity contribution in [3.8, 4) is 11.3 Å². The SMILES string of the molecule is CC(=O)N(CCCCl)c1ccc(-c2cc(=O)c3c(N)c(F)cc(F)c3o2)cc1F. The van der Waals surface area contributed by atoms with Gasteiger partial charge in [0.2, 0.25) is 5.91 Å². The van der Waals surface area contributed by atoms with Crippen molar-refractivity contribution in [3.63, 3.8) is 0 Å². The lowest BCUT2D eigenvalue weighted by Gasteiger charge is -2.21. The van der Waals surface area contributed by atoms with E-state index in [1.807, 2.05) is 0 Å². The van der Waals surface area contributed by atoms with Crippen molar-refractivity contribution in [1.29, 1.82) is 0 Å². The second-order valence-corrected chi connectivity index (χ2v) is 6.69. The molecule has 3 aromatic rings. The molecule has 0 saturated carbocycles. The van der Waals surface area contributed by atoms with E-state index in [9.17, 15) is 22.8 Å². The normalized spacial score (nSPS) is 11.1. The summed E-state index contributed by atoms with van der Waals surface area (Å²) in [6, 6.07) is 5.31. The molecule has 1 amide bonds. The van der Waals surface area contributed by atoms with Gasteiger partial charge in [0.05, 0.1) is 16.8 Å². The highest BCUT2D eigenvalue weighted by Gasteiger charge is 2.19. The van der Waals surface area contributed by atoms with Gasteiger partial charge in [0.1, 0.15) is 17.4 Å². The molecule has 0 radical (unpaired) electrons. The van der Waals surface area contributed by atoms with Gasteiger partial charge in [-0.2, -0.15) is 0 Å². The van der Waals surface area contributed by atoms with E-state index >= 15 is 0 Å². The number of nitrogens with two attached hydrogens (primary N) is 1. The Bertz CT molecular complexity index is 1160. The van der Waals surface area contributed by atoms with Crippen LogP contribution in [-0.4, -0.2) is 18.3 Å². The van der Waals surface area contributed by atoms with Crippen molar-refractivity contribution >= 4 is 39.9 Å². The third-order valence-electron chi connectivity index (χ3n) is 4.36. The fraction of sp³-hybridized carbons (Fsp3) is 0.200. The van der Waals surface area contributed by atoms with E-state index in [2.05, 4.69) is 0 Å². The number of alkyl halides is 1. The first-order valence-electron chi connectivity index (χ1n) is 8.60. The Hall–Kier alpha value is -3.00. The molecule has 29 heavy (non-hydrogen) atoms. The molecule has 9 heteroatoms. The number of carbonyl (C=O) groups excluding carboxylic acids is 1. The number of anilines is 2. The summed E-state index contributed by atoms with van der Waals surface area (Å²) in [6.45, 7) is 1.53. The van der Waals surface area contributed by atoms with Crippen LogP contribution in [-0.2, 0) is 4.79 Å². The Labute approximate surface area is 168 Å². The Morgan fingerprint density at radius 2 is 1.86 bits per heavy atom. The van der Waals surface area contributed by atoms with Gasteiger partial charge in [-0.3, -0.25) is 9.59 Å². The first kappa shape index (κ1) is 20.7. The number of hydrogen-bond acceptors (Lipinski definition) is 4. The number of benzene rings is 2. The van der Waals surface area contributed by atoms with Crippen LogP contribution >= 0.6 is 11.6 Å². The summed E-state index contributed by atoms with van der Waals surface area (Å²) in [7, 11) is 0. The molecule has 0 saturated heterocycles. The molecule has 1 aromatic heterocycles. The molecule has 5 nitrogen and oxygen atoms in total. The average Bonchev–Trinajstić information content (AvgIpc) is 2.66. The van der Waals surface area contributed by atoms with Gasteiger partial charge >= 0.3 is 0 Å².